The van der Waals surface area contributed by atoms with Crippen molar-refractivity contribution < 1.29 is 0 Å². The summed E-state index contributed by atoms with van der Waals surface area (Å²) in [5.74, 6) is 1.74. The molecule has 0 saturated carbocycles. The smallest absolute Gasteiger partial charge is 0.253 e. The first-order valence-electron chi connectivity index (χ1n) is 9.43. The van der Waals surface area contributed by atoms with E-state index in [0.717, 1.165) is 48.7 Å². The Bertz CT molecular complexity index is 1040. The van der Waals surface area contributed by atoms with Crippen molar-refractivity contribution in [1.29, 1.82) is 0 Å². The van der Waals surface area contributed by atoms with Crippen LogP contribution in [0.2, 0.25) is 0 Å². The number of hydrogen-bond donors (Lipinski definition) is 0. The maximum atomic E-state index is 11.8. The summed E-state index contributed by atoms with van der Waals surface area (Å²) in [5, 5.41) is 1.07. The molecule has 1 saturated heterocycles. The zero-order chi connectivity index (χ0) is 19.7. The quantitative estimate of drug-likeness (QED) is 0.673. The molecule has 8 nitrogen and oxygen atoms in total. The molecule has 1 aromatic carbocycles. The van der Waals surface area contributed by atoms with Gasteiger partial charge in [0.25, 0.3) is 5.56 Å². The van der Waals surface area contributed by atoms with Crippen molar-refractivity contribution >= 4 is 22.4 Å². The highest BCUT2D eigenvalue weighted by Crippen LogP contribution is 2.27. The number of fused-ring (bicyclic) bond motifs is 1. The fourth-order valence-electron chi connectivity index (χ4n) is 3.61. The summed E-state index contributed by atoms with van der Waals surface area (Å²) < 4.78 is 1.62. The van der Waals surface area contributed by atoms with Gasteiger partial charge in [0.15, 0.2) is 0 Å². The van der Waals surface area contributed by atoms with Crippen molar-refractivity contribution in [1.82, 2.24) is 24.4 Å². The molecule has 0 amide bonds. The van der Waals surface area contributed by atoms with Crippen LogP contribution in [0.3, 0.4) is 0 Å². The molecule has 0 aliphatic carbocycles. The first-order chi connectivity index (χ1) is 13.5. The van der Waals surface area contributed by atoms with Gasteiger partial charge in [-0.15, -0.1) is 0 Å². The molecule has 4 rings (SSSR count). The number of aromatic nitrogens is 4. The summed E-state index contributed by atoms with van der Waals surface area (Å²) in [5.41, 5.74) is 2.13. The molecule has 0 unspecified atom stereocenters. The van der Waals surface area contributed by atoms with E-state index in [1.807, 2.05) is 19.0 Å². The van der Waals surface area contributed by atoms with Gasteiger partial charge in [0, 0.05) is 70.7 Å². The van der Waals surface area contributed by atoms with E-state index in [1.165, 1.54) is 11.8 Å². The normalized spacial score (nSPS) is 15.2. The number of nitrogens with zero attached hydrogens (tertiary/aromatic N) is 7. The lowest BCUT2D eigenvalue weighted by molar-refractivity contribution is 0.240. The van der Waals surface area contributed by atoms with Gasteiger partial charge in [-0.2, -0.15) is 0 Å². The number of hydrogen-bond acceptors (Lipinski definition) is 7. The fraction of sp³-hybridized carbons (Fsp3) is 0.400. The average molecular weight is 379 g/mol. The molecule has 0 N–H and O–H groups in total. The van der Waals surface area contributed by atoms with Crippen LogP contribution in [-0.2, 0) is 13.6 Å². The lowest BCUT2D eigenvalue weighted by Gasteiger charge is -2.36. The van der Waals surface area contributed by atoms with Gasteiger partial charge in [-0.3, -0.25) is 14.3 Å². The minimum absolute atomic E-state index is 0.0151. The summed E-state index contributed by atoms with van der Waals surface area (Å²) in [6.45, 7) is 4.40. The monoisotopic (exact) mass is 379 g/mol. The van der Waals surface area contributed by atoms with Crippen molar-refractivity contribution in [2.75, 3.05) is 50.1 Å². The summed E-state index contributed by atoms with van der Waals surface area (Å²) in [4.78, 5) is 31.7. The van der Waals surface area contributed by atoms with Crippen LogP contribution < -0.4 is 15.4 Å². The predicted molar refractivity (Wildman–Crippen MR) is 111 cm³/mol. The highest BCUT2D eigenvalue weighted by Gasteiger charge is 2.19. The van der Waals surface area contributed by atoms with Crippen molar-refractivity contribution in [3.63, 3.8) is 0 Å². The van der Waals surface area contributed by atoms with E-state index >= 15 is 0 Å². The maximum Gasteiger partial charge on any atom is 0.253 e. The SMILES string of the molecule is CN(C)c1ncnc2ccc(N3CCN(Cc4nccc(=O)n4C)CC3)cc12. The Hall–Kier alpha value is -3.00. The maximum absolute atomic E-state index is 11.8. The van der Waals surface area contributed by atoms with Gasteiger partial charge in [-0.1, -0.05) is 0 Å². The van der Waals surface area contributed by atoms with E-state index in [0.29, 0.717) is 6.54 Å². The second-order valence-corrected chi connectivity index (χ2v) is 7.31. The Morgan fingerprint density at radius 1 is 1.04 bits per heavy atom. The number of rotatable bonds is 4. The van der Waals surface area contributed by atoms with Crippen molar-refractivity contribution in [2.24, 2.45) is 7.05 Å². The Morgan fingerprint density at radius 2 is 1.82 bits per heavy atom. The third kappa shape index (κ3) is 3.55. The van der Waals surface area contributed by atoms with Crippen LogP contribution in [-0.4, -0.2) is 64.7 Å². The lowest BCUT2D eigenvalue weighted by Crippen LogP contribution is -2.46. The molecule has 3 heterocycles. The standard InChI is InChI=1S/C20H25N7O/c1-24(2)20-16-12-15(4-5-17(16)22-14-23-20)27-10-8-26(9-11-27)13-18-21-7-6-19(28)25(18)3/h4-7,12,14H,8-11,13H2,1-3H3. The molecular formula is C20H25N7O. The molecule has 1 aliphatic rings. The molecule has 0 radical (unpaired) electrons. The third-order valence-electron chi connectivity index (χ3n) is 5.28. The van der Waals surface area contributed by atoms with Gasteiger partial charge in [-0.05, 0) is 18.2 Å². The summed E-state index contributed by atoms with van der Waals surface area (Å²) in [7, 11) is 5.77. The van der Waals surface area contributed by atoms with Crippen LogP contribution >= 0.6 is 0 Å². The Morgan fingerprint density at radius 3 is 2.57 bits per heavy atom. The Balaban J connectivity index is 1.48. The number of anilines is 2. The van der Waals surface area contributed by atoms with E-state index in [4.69, 9.17) is 0 Å². The van der Waals surface area contributed by atoms with Crippen LogP contribution in [0, 0.1) is 0 Å². The highest BCUT2D eigenvalue weighted by atomic mass is 16.1. The molecule has 0 atom stereocenters. The molecule has 28 heavy (non-hydrogen) atoms. The molecule has 1 fully saturated rings. The van der Waals surface area contributed by atoms with E-state index in [-0.39, 0.29) is 5.56 Å². The topological polar surface area (TPSA) is 70.4 Å². The molecule has 0 spiro atoms. The van der Waals surface area contributed by atoms with Gasteiger partial charge in [0.2, 0.25) is 0 Å². The Kier molecular flexibility index (Phi) is 4.95. The van der Waals surface area contributed by atoms with E-state index in [2.05, 4.69) is 43.0 Å². The molecule has 1 aliphatic heterocycles. The van der Waals surface area contributed by atoms with Crippen LogP contribution in [0.4, 0.5) is 11.5 Å². The van der Waals surface area contributed by atoms with Gasteiger partial charge >= 0.3 is 0 Å². The van der Waals surface area contributed by atoms with Gasteiger partial charge < -0.3 is 9.80 Å². The largest absolute Gasteiger partial charge is 0.369 e. The Labute approximate surface area is 164 Å². The van der Waals surface area contributed by atoms with Crippen LogP contribution in [0.1, 0.15) is 5.82 Å². The molecule has 2 aromatic heterocycles. The van der Waals surface area contributed by atoms with Crippen molar-refractivity contribution in [3.8, 4) is 0 Å². The molecule has 3 aromatic rings. The van der Waals surface area contributed by atoms with Gasteiger partial charge in [-0.25, -0.2) is 15.0 Å². The van der Waals surface area contributed by atoms with E-state index < -0.39 is 0 Å². The molecule has 8 heteroatoms. The molecular weight excluding hydrogens is 354 g/mol. The number of piperazine rings is 1. The van der Waals surface area contributed by atoms with Crippen LogP contribution in [0.25, 0.3) is 10.9 Å². The van der Waals surface area contributed by atoms with Gasteiger partial charge in [0.05, 0.1) is 12.1 Å². The molecule has 146 valence electrons. The first-order valence-corrected chi connectivity index (χ1v) is 9.43. The van der Waals surface area contributed by atoms with Crippen molar-refractivity contribution in [2.45, 2.75) is 6.54 Å². The lowest BCUT2D eigenvalue weighted by atomic mass is 10.1. The fourth-order valence-corrected chi connectivity index (χ4v) is 3.61. The minimum atomic E-state index is -0.0151. The summed E-state index contributed by atoms with van der Waals surface area (Å²) in [6.07, 6.45) is 3.20. The van der Waals surface area contributed by atoms with Crippen molar-refractivity contribution in [3.05, 3.63) is 53.0 Å². The zero-order valence-corrected chi connectivity index (χ0v) is 16.5. The highest BCUT2D eigenvalue weighted by molar-refractivity contribution is 5.91. The minimum Gasteiger partial charge on any atom is -0.369 e. The van der Waals surface area contributed by atoms with Crippen LogP contribution in [0.15, 0.2) is 41.6 Å². The number of benzene rings is 1. The van der Waals surface area contributed by atoms with Gasteiger partial charge in [0.1, 0.15) is 18.0 Å². The zero-order valence-electron chi connectivity index (χ0n) is 16.5. The summed E-state index contributed by atoms with van der Waals surface area (Å²) in [6, 6.07) is 7.87. The van der Waals surface area contributed by atoms with E-state index in [1.54, 1.807) is 24.1 Å². The predicted octanol–water partition coefficient (Wildman–Crippen LogP) is 1.11. The summed E-state index contributed by atoms with van der Waals surface area (Å²) >= 11 is 0. The second kappa shape index (κ2) is 7.55. The second-order valence-electron chi connectivity index (χ2n) is 7.31. The van der Waals surface area contributed by atoms with E-state index in [9.17, 15) is 4.79 Å². The first kappa shape index (κ1) is 18.4. The average Bonchev–Trinajstić information content (AvgIpc) is 2.71. The van der Waals surface area contributed by atoms with Crippen LogP contribution in [0.5, 0.6) is 0 Å². The third-order valence-corrected chi connectivity index (χ3v) is 5.28. The molecule has 0 bridgehead atoms.